The molecule has 1 fully saturated rings. The highest BCUT2D eigenvalue weighted by Gasteiger charge is 2.14. The van der Waals surface area contributed by atoms with E-state index in [2.05, 4.69) is 58.9 Å². The smallest absolute Gasteiger partial charge is 0.191 e. The second-order valence-corrected chi connectivity index (χ2v) is 7.53. The van der Waals surface area contributed by atoms with Crippen LogP contribution in [0.5, 0.6) is 5.75 Å². The lowest BCUT2D eigenvalue weighted by Crippen LogP contribution is -2.36. The number of rotatable bonds is 8. The number of methoxy groups -OCH3 is 1. The fourth-order valence-corrected chi connectivity index (χ4v) is 3.39. The van der Waals surface area contributed by atoms with E-state index in [0.717, 1.165) is 43.3 Å². The fourth-order valence-electron chi connectivity index (χ4n) is 3.39. The summed E-state index contributed by atoms with van der Waals surface area (Å²) in [5.74, 6) is 1.64. The third-order valence-electron chi connectivity index (χ3n) is 5.25. The maximum Gasteiger partial charge on any atom is 0.191 e. The molecule has 1 saturated heterocycles. The van der Waals surface area contributed by atoms with Crippen molar-refractivity contribution in [3.63, 3.8) is 0 Å². The molecule has 1 heterocycles. The van der Waals surface area contributed by atoms with Crippen LogP contribution in [-0.4, -0.2) is 39.4 Å². The number of nitrogens with zero attached hydrogens (tertiary/aromatic N) is 1. The lowest BCUT2D eigenvalue weighted by molar-refractivity contribution is -0.0390. The van der Waals surface area contributed by atoms with Crippen LogP contribution >= 0.6 is 24.0 Å². The van der Waals surface area contributed by atoms with Gasteiger partial charge in [0.15, 0.2) is 5.96 Å². The van der Waals surface area contributed by atoms with Gasteiger partial charge in [-0.2, -0.15) is 0 Å². The van der Waals surface area contributed by atoms with Crippen molar-refractivity contribution in [2.24, 2.45) is 4.99 Å². The first kappa shape index (κ1) is 25.4. The van der Waals surface area contributed by atoms with E-state index in [-0.39, 0.29) is 24.0 Å². The van der Waals surface area contributed by atoms with Crippen molar-refractivity contribution in [3.8, 4) is 5.75 Å². The Balaban J connectivity index is 0.00000341. The van der Waals surface area contributed by atoms with Crippen molar-refractivity contribution in [1.29, 1.82) is 0 Å². The maximum atomic E-state index is 5.99. The molecule has 0 saturated carbocycles. The highest BCUT2D eigenvalue weighted by Crippen LogP contribution is 2.19. The Bertz CT molecular complexity index is 821. The summed E-state index contributed by atoms with van der Waals surface area (Å²) < 4.78 is 16.8. The molecule has 3 rings (SSSR count). The van der Waals surface area contributed by atoms with Gasteiger partial charge in [-0.05, 0) is 42.5 Å². The van der Waals surface area contributed by atoms with Gasteiger partial charge in [0.25, 0.3) is 0 Å². The van der Waals surface area contributed by atoms with Gasteiger partial charge >= 0.3 is 0 Å². The number of ether oxygens (including phenoxy) is 3. The summed E-state index contributed by atoms with van der Waals surface area (Å²) in [4.78, 5) is 4.31. The predicted octanol–water partition coefficient (Wildman–Crippen LogP) is 4.18. The van der Waals surface area contributed by atoms with Gasteiger partial charge in [0.05, 0.1) is 19.8 Å². The first-order chi connectivity index (χ1) is 14.7. The Kier molecular flexibility index (Phi) is 11.1. The van der Waals surface area contributed by atoms with Crippen LogP contribution in [0.1, 0.15) is 35.1 Å². The molecular weight excluding hydrogens is 505 g/mol. The number of guanidine groups is 1. The van der Waals surface area contributed by atoms with Gasteiger partial charge in [-0.1, -0.05) is 36.4 Å². The molecule has 2 aromatic carbocycles. The summed E-state index contributed by atoms with van der Waals surface area (Å²) in [5, 5.41) is 6.71. The molecule has 6 nitrogen and oxygen atoms in total. The van der Waals surface area contributed by atoms with Crippen LogP contribution in [0.2, 0.25) is 0 Å². The molecule has 0 unspecified atom stereocenters. The summed E-state index contributed by atoms with van der Waals surface area (Å²) in [6.07, 6.45) is 2.30. The van der Waals surface area contributed by atoms with Gasteiger partial charge < -0.3 is 24.8 Å². The first-order valence-electron chi connectivity index (χ1n) is 10.5. The number of benzene rings is 2. The van der Waals surface area contributed by atoms with E-state index in [9.17, 15) is 0 Å². The van der Waals surface area contributed by atoms with Crippen molar-refractivity contribution < 1.29 is 14.2 Å². The fraction of sp³-hybridized carbons (Fsp3) is 0.458. The average Bonchev–Trinajstić information content (AvgIpc) is 2.80. The van der Waals surface area contributed by atoms with Gasteiger partial charge in [-0.3, -0.25) is 4.99 Å². The molecule has 0 amide bonds. The summed E-state index contributed by atoms with van der Waals surface area (Å²) >= 11 is 0. The second-order valence-electron chi connectivity index (χ2n) is 7.53. The van der Waals surface area contributed by atoms with Crippen LogP contribution < -0.4 is 15.4 Å². The molecular formula is C24H34IN3O3. The molecule has 0 spiro atoms. The molecule has 1 aliphatic heterocycles. The van der Waals surface area contributed by atoms with E-state index < -0.39 is 0 Å². The summed E-state index contributed by atoms with van der Waals surface area (Å²) in [7, 11) is 3.47. The van der Waals surface area contributed by atoms with Crippen molar-refractivity contribution in [2.45, 2.75) is 45.6 Å². The Morgan fingerprint density at radius 2 is 1.71 bits per heavy atom. The first-order valence-corrected chi connectivity index (χ1v) is 10.5. The molecule has 0 aliphatic carbocycles. The maximum absolute atomic E-state index is 5.99. The number of aliphatic imine (C=N–C) groups is 1. The van der Waals surface area contributed by atoms with E-state index >= 15 is 0 Å². The van der Waals surface area contributed by atoms with Crippen molar-refractivity contribution >= 4 is 29.9 Å². The zero-order chi connectivity index (χ0) is 21.2. The Morgan fingerprint density at radius 1 is 1.03 bits per heavy atom. The van der Waals surface area contributed by atoms with E-state index in [0.29, 0.717) is 25.8 Å². The third kappa shape index (κ3) is 8.31. The van der Waals surface area contributed by atoms with Crippen LogP contribution in [-0.2, 0) is 29.2 Å². The summed E-state index contributed by atoms with van der Waals surface area (Å²) in [6.45, 7) is 5.67. The van der Waals surface area contributed by atoms with E-state index in [4.69, 9.17) is 14.2 Å². The molecule has 0 radical (unpaired) electrons. The lowest BCUT2D eigenvalue weighted by atomic mass is 10.1. The van der Waals surface area contributed by atoms with E-state index in [1.165, 1.54) is 16.7 Å². The largest absolute Gasteiger partial charge is 0.496 e. The molecule has 2 aromatic rings. The van der Waals surface area contributed by atoms with Crippen molar-refractivity contribution in [3.05, 3.63) is 64.7 Å². The van der Waals surface area contributed by atoms with Gasteiger partial charge in [0, 0.05) is 38.9 Å². The Morgan fingerprint density at radius 3 is 2.39 bits per heavy atom. The minimum Gasteiger partial charge on any atom is -0.496 e. The van der Waals surface area contributed by atoms with Crippen molar-refractivity contribution in [1.82, 2.24) is 10.6 Å². The lowest BCUT2D eigenvalue weighted by Gasteiger charge is -2.22. The standard InChI is InChI=1S/C24H33N3O3.HI/c1-18-4-9-21(23(14-18)28-3)16-27-24(25-2)26-15-19-5-7-20(8-6-19)17-30-22-10-12-29-13-11-22;/h4-9,14,22H,10-13,15-17H2,1-3H3,(H2,25,26,27);1H. The topological polar surface area (TPSA) is 64.1 Å². The summed E-state index contributed by atoms with van der Waals surface area (Å²) in [5.41, 5.74) is 4.67. The third-order valence-corrected chi connectivity index (χ3v) is 5.25. The minimum atomic E-state index is 0. The minimum absolute atomic E-state index is 0. The second kappa shape index (κ2) is 13.5. The van der Waals surface area contributed by atoms with Gasteiger partial charge in [-0.15, -0.1) is 24.0 Å². The molecule has 1 aliphatic rings. The molecule has 7 heteroatoms. The van der Waals surface area contributed by atoms with Crippen molar-refractivity contribution in [2.75, 3.05) is 27.4 Å². The van der Waals surface area contributed by atoms with Crippen LogP contribution in [0.25, 0.3) is 0 Å². The molecule has 2 N–H and O–H groups in total. The molecule has 170 valence electrons. The SMILES string of the molecule is CN=C(NCc1ccc(COC2CCOCC2)cc1)NCc1ccc(C)cc1OC.I. The van der Waals surface area contributed by atoms with Crippen LogP contribution in [0.15, 0.2) is 47.5 Å². The van der Waals surface area contributed by atoms with Crippen LogP contribution in [0, 0.1) is 6.92 Å². The van der Waals surface area contributed by atoms with Gasteiger partial charge in [0.2, 0.25) is 0 Å². The number of aryl methyl sites for hydroxylation is 1. The van der Waals surface area contributed by atoms with Crippen LogP contribution in [0.4, 0.5) is 0 Å². The molecule has 0 bridgehead atoms. The number of hydrogen-bond donors (Lipinski definition) is 2. The number of hydrogen-bond acceptors (Lipinski definition) is 4. The van der Waals surface area contributed by atoms with Gasteiger partial charge in [0.1, 0.15) is 5.75 Å². The average molecular weight is 539 g/mol. The van der Waals surface area contributed by atoms with E-state index in [1.54, 1.807) is 14.2 Å². The van der Waals surface area contributed by atoms with E-state index in [1.807, 2.05) is 6.07 Å². The van der Waals surface area contributed by atoms with Gasteiger partial charge in [-0.25, -0.2) is 0 Å². The molecule has 31 heavy (non-hydrogen) atoms. The highest BCUT2D eigenvalue weighted by atomic mass is 127. The summed E-state index contributed by atoms with van der Waals surface area (Å²) in [6, 6.07) is 14.7. The monoisotopic (exact) mass is 539 g/mol. The zero-order valence-corrected chi connectivity index (χ0v) is 21.0. The molecule has 0 atom stereocenters. The highest BCUT2D eigenvalue weighted by molar-refractivity contribution is 14.0. The zero-order valence-electron chi connectivity index (χ0n) is 18.6. The molecule has 0 aromatic heterocycles. The Hall–Kier alpha value is -1.84. The van der Waals surface area contributed by atoms with Crippen LogP contribution in [0.3, 0.4) is 0 Å². The number of halogens is 1. The quantitative estimate of drug-likeness (QED) is 0.300. The number of nitrogens with one attached hydrogen (secondary N) is 2. The Labute approximate surface area is 202 Å². The predicted molar refractivity (Wildman–Crippen MR) is 135 cm³/mol. The normalized spacial score (nSPS) is 14.6.